The van der Waals surface area contributed by atoms with Gasteiger partial charge in [-0.1, -0.05) is 30.3 Å². The Labute approximate surface area is 109 Å². The number of nitrogens with one attached hydrogen (secondary N) is 1. The van der Waals surface area contributed by atoms with Gasteiger partial charge in [-0.25, -0.2) is 9.78 Å². The molecule has 19 heavy (non-hydrogen) atoms. The number of hydrogen-bond acceptors (Lipinski definition) is 4. The average Bonchev–Trinajstić information content (AvgIpc) is 3.09. The van der Waals surface area contributed by atoms with Crippen molar-refractivity contribution in [2.24, 2.45) is 0 Å². The van der Waals surface area contributed by atoms with Gasteiger partial charge in [0, 0.05) is 5.56 Å². The molecule has 0 bridgehead atoms. The molecule has 2 unspecified atom stereocenters. The number of H-pyrrole nitrogens is 1. The highest BCUT2D eigenvalue weighted by Crippen LogP contribution is 2.31. The fourth-order valence-electron chi connectivity index (χ4n) is 2.15. The standard InChI is InChI=1S/C13H13N3O3/c17-13(18)10-7-6-9(19-10)12-14-11(15-16-12)8-4-2-1-3-5-8/h1-5,9-10H,6-7H2,(H,17,18)(H,14,15,16). The Bertz CT molecular complexity index is 582. The van der Waals surface area contributed by atoms with Crippen LogP contribution in [0.15, 0.2) is 30.3 Å². The highest BCUT2D eigenvalue weighted by Gasteiger charge is 2.33. The number of ether oxygens (including phenoxy) is 1. The molecule has 2 heterocycles. The normalized spacial score (nSPS) is 22.5. The van der Waals surface area contributed by atoms with Gasteiger partial charge in [-0.15, -0.1) is 0 Å². The van der Waals surface area contributed by atoms with Gasteiger partial charge in [-0.05, 0) is 12.8 Å². The molecule has 2 atom stereocenters. The molecule has 1 aliphatic rings. The fourth-order valence-corrected chi connectivity index (χ4v) is 2.15. The number of aliphatic carboxylic acids is 1. The van der Waals surface area contributed by atoms with Crippen LogP contribution in [-0.4, -0.2) is 32.4 Å². The number of benzene rings is 1. The maximum Gasteiger partial charge on any atom is 0.332 e. The van der Waals surface area contributed by atoms with Gasteiger partial charge in [0.1, 0.15) is 6.10 Å². The number of rotatable bonds is 3. The van der Waals surface area contributed by atoms with E-state index in [2.05, 4.69) is 15.2 Å². The predicted molar refractivity (Wildman–Crippen MR) is 66.3 cm³/mol. The second-order valence-electron chi connectivity index (χ2n) is 4.44. The molecule has 1 aromatic carbocycles. The molecule has 0 aliphatic carbocycles. The van der Waals surface area contributed by atoms with Crippen molar-refractivity contribution in [3.8, 4) is 11.4 Å². The molecule has 0 spiro atoms. The third-order valence-electron chi connectivity index (χ3n) is 3.13. The Morgan fingerprint density at radius 3 is 2.79 bits per heavy atom. The third-order valence-corrected chi connectivity index (χ3v) is 3.13. The second kappa shape index (κ2) is 4.81. The lowest BCUT2D eigenvalue weighted by atomic mass is 10.2. The van der Waals surface area contributed by atoms with Gasteiger partial charge in [0.15, 0.2) is 17.8 Å². The summed E-state index contributed by atoms with van der Waals surface area (Å²) in [5.74, 6) is 0.255. The summed E-state index contributed by atoms with van der Waals surface area (Å²) in [6.45, 7) is 0. The van der Waals surface area contributed by atoms with Crippen molar-refractivity contribution >= 4 is 5.97 Å². The Morgan fingerprint density at radius 2 is 2.11 bits per heavy atom. The van der Waals surface area contributed by atoms with Crippen molar-refractivity contribution in [3.05, 3.63) is 36.2 Å². The summed E-state index contributed by atoms with van der Waals surface area (Å²) in [5.41, 5.74) is 0.915. The van der Waals surface area contributed by atoms with Crippen LogP contribution >= 0.6 is 0 Å². The van der Waals surface area contributed by atoms with E-state index in [-0.39, 0.29) is 6.10 Å². The molecule has 0 radical (unpaired) electrons. The Kier molecular flexibility index (Phi) is 3.00. The van der Waals surface area contributed by atoms with Crippen LogP contribution in [-0.2, 0) is 9.53 Å². The summed E-state index contributed by atoms with van der Waals surface area (Å²) in [4.78, 5) is 15.2. The van der Waals surface area contributed by atoms with Crippen molar-refractivity contribution in [1.29, 1.82) is 0 Å². The lowest BCUT2D eigenvalue weighted by Crippen LogP contribution is -2.18. The molecule has 2 N–H and O–H groups in total. The summed E-state index contributed by atoms with van der Waals surface area (Å²) >= 11 is 0. The molecule has 1 saturated heterocycles. The first kappa shape index (κ1) is 11.9. The zero-order valence-corrected chi connectivity index (χ0v) is 10.1. The lowest BCUT2D eigenvalue weighted by Gasteiger charge is -2.07. The first-order valence-electron chi connectivity index (χ1n) is 6.10. The summed E-state index contributed by atoms with van der Waals surface area (Å²) in [5, 5.41) is 15.9. The van der Waals surface area contributed by atoms with Gasteiger partial charge >= 0.3 is 5.97 Å². The minimum absolute atomic E-state index is 0.314. The molecule has 3 rings (SSSR count). The van der Waals surface area contributed by atoms with E-state index >= 15 is 0 Å². The van der Waals surface area contributed by atoms with Crippen molar-refractivity contribution in [3.63, 3.8) is 0 Å². The van der Waals surface area contributed by atoms with E-state index in [4.69, 9.17) is 9.84 Å². The van der Waals surface area contributed by atoms with Crippen LogP contribution in [0.25, 0.3) is 11.4 Å². The number of carboxylic acid groups (broad SMARTS) is 1. The second-order valence-corrected chi connectivity index (χ2v) is 4.44. The topological polar surface area (TPSA) is 88.1 Å². The molecule has 1 aliphatic heterocycles. The Morgan fingerprint density at radius 1 is 1.32 bits per heavy atom. The number of aromatic amines is 1. The smallest absolute Gasteiger partial charge is 0.332 e. The monoisotopic (exact) mass is 259 g/mol. The molecule has 0 amide bonds. The number of nitrogens with zero attached hydrogens (tertiary/aromatic N) is 2. The van der Waals surface area contributed by atoms with E-state index < -0.39 is 12.1 Å². The highest BCUT2D eigenvalue weighted by atomic mass is 16.5. The maximum absolute atomic E-state index is 10.8. The number of carboxylic acids is 1. The Balaban J connectivity index is 1.78. The van der Waals surface area contributed by atoms with Crippen molar-refractivity contribution in [1.82, 2.24) is 15.2 Å². The summed E-state index contributed by atoms with van der Waals surface area (Å²) in [6.07, 6.45) is 0.0863. The summed E-state index contributed by atoms with van der Waals surface area (Å²) < 4.78 is 5.42. The third kappa shape index (κ3) is 2.34. The van der Waals surface area contributed by atoms with Gasteiger partial charge in [0.2, 0.25) is 0 Å². The lowest BCUT2D eigenvalue weighted by molar-refractivity contribution is -0.149. The van der Waals surface area contributed by atoms with Crippen LogP contribution in [0.2, 0.25) is 0 Å². The maximum atomic E-state index is 10.8. The van der Waals surface area contributed by atoms with E-state index in [9.17, 15) is 4.79 Å². The number of hydrogen-bond donors (Lipinski definition) is 2. The van der Waals surface area contributed by atoms with Crippen LogP contribution < -0.4 is 0 Å². The van der Waals surface area contributed by atoms with E-state index in [0.717, 1.165) is 5.56 Å². The van der Waals surface area contributed by atoms with Gasteiger partial charge in [-0.3, -0.25) is 5.10 Å². The van der Waals surface area contributed by atoms with E-state index in [1.165, 1.54) is 0 Å². The highest BCUT2D eigenvalue weighted by molar-refractivity contribution is 5.72. The van der Waals surface area contributed by atoms with Gasteiger partial charge in [0.05, 0.1) is 0 Å². The molecular formula is C13H13N3O3. The molecular weight excluding hydrogens is 246 g/mol. The molecule has 6 nitrogen and oxygen atoms in total. The molecule has 1 fully saturated rings. The zero-order valence-electron chi connectivity index (χ0n) is 10.1. The number of carbonyl (C=O) groups is 1. The zero-order chi connectivity index (χ0) is 13.2. The minimum Gasteiger partial charge on any atom is -0.479 e. The van der Waals surface area contributed by atoms with Gasteiger partial charge in [-0.2, -0.15) is 5.10 Å². The van der Waals surface area contributed by atoms with Crippen LogP contribution in [0.3, 0.4) is 0 Å². The first-order valence-corrected chi connectivity index (χ1v) is 6.10. The van der Waals surface area contributed by atoms with Crippen molar-refractivity contribution in [2.75, 3.05) is 0 Å². The molecule has 2 aromatic rings. The molecule has 6 heteroatoms. The molecule has 98 valence electrons. The minimum atomic E-state index is -0.926. The largest absolute Gasteiger partial charge is 0.479 e. The molecule has 0 saturated carbocycles. The van der Waals surface area contributed by atoms with Crippen LogP contribution in [0.5, 0.6) is 0 Å². The SMILES string of the molecule is O=C(O)C1CCC(c2nc(-c3ccccc3)n[nH]2)O1. The number of aromatic nitrogens is 3. The molecule has 1 aromatic heterocycles. The van der Waals surface area contributed by atoms with Gasteiger partial charge < -0.3 is 9.84 Å². The van der Waals surface area contributed by atoms with Gasteiger partial charge in [0.25, 0.3) is 0 Å². The van der Waals surface area contributed by atoms with Crippen molar-refractivity contribution in [2.45, 2.75) is 25.0 Å². The van der Waals surface area contributed by atoms with E-state index in [1.54, 1.807) is 0 Å². The quantitative estimate of drug-likeness (QED) is 0.877. The van der Waals surface area contributed by atoms with Crippen LogP contribution in [0.4, 0.5) is 0 Å². The fraction of sp³-hybridized carbons (Fsp3) is 0.308. The van der Waals surface area contributed by atoms with Crippen LogP contribution in [0, 0.1) is 0 Å². The Hall–Kier alpha value is -2.21. The predicted octanol–water partition coefficient (Wildman–Crippen LogP) is 1.78. The summed E-state index contributed by atoms with van der Waals surface area (Å²) in [6, 6.07) is 9.59. The average molecular weight is 259 g/mol. The summed E-state index contributed by atoms with van der Waals surface area (Å²) in [7, 11) is 0. The van der Waals surface area contributed by atoms with Crippen LogP contribution in [0.1, 0.15) is 24.8 Å². The van der Waals surface area contributed by atoms with E-state index in [1.807, 2.05) is 30.3 Å². The van der Waals surface area contributed by atoms with Crippen molar-refractivity contribution < 1.29 is 14.6 Å². The first-order chi connectivity index (χ1) is 9.24. The van der Waals surface area contributed by atoms with E-state index in [0.29, 0.717) is 24.5 Å².